The lowest BCUT2D eigenvalue weighted by Gasteiger charge is -2.31. The maximum Gasteiger partial charge on any atom is 0.271 e. The topological polar surface area (TPSA) is 88.6 Å². The molecule has 3 N–H and O–H groups in total. The first-order chi connectivity index (χ1) is 8.99. The summed E-state index contributed by atoms with van der Waals surface area (Å²) in [6, 6.07) is 3.51. The van der Waals surface area contributed by atoms with Gasteiger partial charge in [-0.05, 0) is 44.6 Å². The predicted molar refractivity (Wildman–Crippen MR) is 72.1 cm³/mol. The van der Waals surface area contributed by atoms with Crippen LogP contribution in [0.1, 0.15) is 25.5 Å². The van der Waals surface area contributed by atoms with E-state index in [-0.39, 0.29) is 5.09 Å². The van der Waals surface area contributed by atoms with Crippen molar-refractivity contribution in [1.82, 2.24) is 10.2 Å². The number of nitrogens with zero attached hydrogens (tertiary/aromatic N) is 1. The van der Waals surface area contributed by atoms with Crippen LogP contribution in [0, 0.1) is 0 Å². The highest BCUT2D eigenvalue weighted by Gasteiger charge is 2.18. The van der Waals surface area contributed by atoms with Crippen LogP contribution >= 0.6 is 0 Å². The van der Waals surface area contributed by atoms with Crippen molar-refractivity contribution in [3.63, 3.8) is 0 Å². The molecule has 1 aliphatic heterocycles. The van der Waals surface area contributed by atoms with Crippen molar-refractivity contribution in [3.05, 3.63) is 17.9 Å². The molecule has 7 heteroatoms. The van der Waals surface area contributed by atoms with E-state index in [0.717, 1.165) is 32.5 Å². The van der Waals surface area contributed by atoms with E-state index in [9.17, 15) is 8.42 Å². The number of hydrogen-bond acceptors (Lipinski definition) is 5. The van der Waals surface area contributed by atoms with Crippen molar-refractivity contribution >= 4 is 10.0 Å². The summed E-state index contributed by atoms with van der Waals surface area (Å²) in [7, 11) is -3.74. The predicted octanol–water partition coefficient (Wildman–Crippen LogP) is 0.501. The Morgan fingerprint density at radius 2 is 2.11 bits per heavy atom. The van der Waals surface area contributed by atoms with Crippen LogP contribution in [0.4, 0.5) is 0 Å². The van der Waals surface area contributed by atoms with Gasteiger partial charge in [-0.1, -0.05) is 6.92 Å². The maximum absolute atomic E-state index is 11.1. The molecule has 0 unspecified atom stereocenters. The summed E-state index contributed by atoms with van der Waals surface area (Å²) in [5.41, 5.74) is 0. The maximum atomic E-state index is 11.1. The minimum atomic E-state index is -3.74. The van der Waals surface area contributed by atoms with Gasteiger partial charge in [0.15, 0.2) is 0 Å². The number of nitrogens with two attached hydrogens (primary N) is 1. The molecule has 6 nitrogen and oxygen atoms in total. The van der Waals surface area contributed by atoms with Crippen LogP contribution in [-0.4, -0.2) is 39.0 Å². The zero-order chi connectivity index (χ0) is 13.9. The smallest absolute Gasteiger partial charge is 0.271 e. The monoisotopic (exact) mass is 287 g/mol. The van der Waals surface area contributed by atoms with Crippen LogP contribution < -0.4 is 10.5 Å². The van der Waals surface area contributed by atoms with E-state index in [2.05, 4.69) is 17.1 Å². The Morgan fingerprint density at radius 3 is 2.63 bits per heavy atom. The van der Waals surface area contributed by atoms with Gasteiger partial charge in [0.25, 0.3) is 10.0 Å². The number of nitrogens with one attached hydrogen (secondary N) is 1. The Hall–Kier alpha value is -0.890. The van der Waals surface area contributed by atoms with Gasteiger partial charge in [-0.25, -0.2) is 13.6 Å². The van der Waals surface area contributed by atoms with Crippen molar-refractivity contribution in [1.29, 1.82) is 0 Å². The number of primary sulfonamides is 1. The van der Waals surface area contributed by atoms with Gasteiger partial charge in [0, 0.05) is 6.04 Å². The molecule has 1 aromatic heterocycles. The highest BCUT2D eigenvalue weighted by molar-refractivity contribution is 7.89. The van der Waals surface area contributed by atoms with Crippen molar-refractivity contribution in [2.24, 2.45) is 5.14 Å². The zero-order valence-corrected chi connectivity index (χ0v) is 11.9. The zero-order valence-electron chi connectivity index (χ0n) is 11.1. The van der Waals surface area contributed by atoms with Gasteiger partial charge in [0.1, 0.15) is 5.76 Å². The van der Waals surface area contributed by atoms with E-state index in [4.69, 9.17) is 9.56 Å². The molecule has 1 aliphatic rings. The van der Waals surface area contributed by atoms with Gasteiger partial charge in [0.2, 0.25) is 5.09 Å². The Balaban J connectivity index is 1.82. The molecule has 0 radical (unpaired) electrons. The Bertz CT molecular complexity index is 504. The molecule has 108 valence electrons. The standard InChI is InChI=1S/C12H21N3O3S/c1-2-15-7-5-10(6-8-15)14-9-11-3-4-12(18-11)19(13,16)17/h3-4,10,14H,2,5-9H2,1H3,(H2,13,16,17). The molecular weight excluding hydrogens is 266 g/mol. The first kappa shape index (κ1) is 14.5. The molecule has 2 rings (SSSR count). The molecule has 0 atom stereocenters. The van der Waals surface area contributed by atoms with Gasteiger partial charge >= 0.3 is 0 Å². The Morgan fingerprint density at radius 1 is 1.42 bits per heavy atom. The summed E-state index contributed by atoms with van der Waals surface area (Å²) in [5, 5.41) is 8.21. The third kappa shape index (κ3) is 4.04. The third-order valence-corrected chi connectivity index (χ3v) is 4.30. The van der Waals surface area contributed by atoms with Crippen molar-refractivity contribution < 1.29 is 12.8 Å². The third-order valence-electron chi connectivity index (χ3n) is 3.52. The summed E-state index contributed by atoms with van der Waals surface area (Å²) in [4.78, 5) is 2.42. The van der Waals surface area contributed by atoms with Crippen LogP contribution in [0.3, 0.4) is 0 Å². The van der Waals surface area contributed by atoms with E-state index in [1.165, 1.54) is 6.07 Å². The second kappa shape index (κ2) is 6.04. The molecule has 0 amide bonds. The average Bonchev–Trinajstić information content (AvgIpc) is 2.86. The van der Waals surface area contributed by atoms with Gasteiger partial charge in [-0.3, -0.25) is 0 Å². The minimum absolute atomic E-state index is 0.176. The summed E-state index contributed by atoms with van der Waals surface area (Å²) < 4.78 is 27.4. The Kier molecular flexibility index (Phi) is 4.62. The van der Waals surface area contributed by atoms with Crippen LogP contribution in [0.15, 0.2) is 21.6 Å². The van der Waals surface area contributed by atoms with Crippen molar-refractivity contribution in [2.75, 3.05) is 19.6 Å². The molecular formula is C12H21N3O3S. The van der Waals surface area contributed by atoms with Gasteiger partial charge in [0.05, 0.1) is 6.54 Å². The largest absolute Gasteiger partial charge is 0.447 e. The number of piperidine rings is 1. The van der Waals surface area contributed by atoms with Crippen LogP contribution in [0.2, 0.25) is 0 Å². The highest BCUT2D eigenvalue weighted by Crippen LogP contribution is 2.14. The van der Waals surface area contributed by atoms with Gasteiger partial charge in [-0.15, -0.1) is 0 Å². The molecule has 1 fully saturated rings. The minimum Gasteiger partial charge on any atom is -0.447 e. The fourth-order valence-electron chi connectivity index (χ4n) is 2.30. The lowest BCUT2D eigenvalue weighted by molar-refractivity contribution is 0.203. The van der Waals surface area contributed by atoms with E-state index < -0.39 is 10.0 Å². The summed E-state index contributed by atoms with van der Waals surface area (Å²) in [5.74, 6) is 0.599. The van der Waals surface area contributed by atoms with Crippen molar-refractivity contribution in [3.8, 4) is 0 Å². The van der Waals surface area contributed by atoms with E-state index in [0.29, 0.717) is 18.3 Å². The number of likely N-dealkylation sites (tertiary alicyclic amines) is 1. The fourth-order valence-corrected chi connectivity index (χ4v) is 2.79. The summed E-state index contributed by atoms with van der Waals surface area (Å²) in [6.07, 6.45) is 2.22. The molecule has 1 saturated heterocycles. The lowest BCUT2D eigenvalue weighted by Crippen LogP contribution is -2.42. The summed E-state index contributed by atoms with van der Waals surface area (Å²) >= 11 is 0. The molecule has 1 aromatic rings. The number of sulfonamides is 1. The Labute approximate surface area is 114 Å². The highest BCUT2D eigenvalue weighted by atomic mass is 32.2. The fraction of sp³-hybridized carbons (Fsp3) is 0.667. The first-order valence-corrected chi connectivity index (χ1v) is 8.11. The quantitative estimate of drug-likeness (QED) is 0.823. The van der Waals surface area contributed by atoms with Gasteiger partial charge < -0.3 is 14.6 Å². The molecule has 0 aliphatic carbocycles. The number of hydrogen-bond donors (Lipinski definition) is 2. The van der Waals surface area contributed by atoms with E-state index >= 15 is 0 Å². The second-order valence-corrected chi connectivity index (χ2v) is 6.35. The molecule has 0 spiro atoms. The number of rotatable bonds is 5. The average molecular weight is 287 g/mol. The van der Waals surface area contributed by atoms with Crippen LogP contribution in [0.25, 0.3) is 0 Å². The van der Waals surface area contributed by atoms with Crippen LogP contribution in [0.5, 0.6) is 0 Å². The van der Waals surface area contributed by atoms with E-state index in [1.54, 1.807) is 6.07 Å². The second-order valence-electron chi connectivity index (χ2n) is 4.86. The van der Waals surface area contributed by atoms with Crippen LogP contribution in [-0.2, 0) is 16.6 Å². The first-order valence-electron chi connectivity index (χ1n) is 6.56. The molecule has 0 aromatic carbocycles. The summed E-state index contributed by atoms with van der Waals surface area (Å²) in [6.45, 7) is 6.02. The molecule has 0 bridgehead atoms. The molecule has 2 heterocycles. The lowest BCUT2D eigenvalue weighted by atomic mass is 10.1. The van der Waals surface area contributed by atoms with Crippen molar-refractivity contribution in [2.45, 2.75) is 37.4 Å². The number of furan rings is 1. The van der Waals surface area contributed by atoms with Gasteiger partial charge in [-0.2, -0.15) is 0 Å². The normalized spacial score (nSPS) is 18.8. The van der Waals surface area contributed by atoms with E-state index in [1.807, 2.05) is 0 Å². The SMILES string of the molecule is CCN1CCC(NCc2ccc(S(N)(=O)=O)o2)CC1. The molecule has 0 saturated carbocycles. The molecule has 19 heavy (non-hydrogen) atoms.